The first-order valence-electron chi connectivity index (χ1n) is 8.10. The molecule has 1 atom stereocenters. The van der Waals surface area contributed by atoms with Crippen molar-refractivity contribution in [3.05, 3.63) is 35.4 Å². The number of nitrogens with one attached hydrogen (secondary N) is 2. The van der Waals surface area contributed by atoms with E-state index in [-0.39, 0.29) is 29.9 Å². The van der Waals surface area contributed by atoms with Crippen LogP contribution in [0.2, 0.25) is 0 Å². The van der Waals surface area contributed by atoms with E-state index in [1.807, 2.05) is 19.1 Å². The second-order valence-electron chi connectivity index (χ2n) is 7.07. The summed E-state index contributed by atoms with van der Waals surface area (Å²) in [5.74, 6) is -0.510. The van der Waals surface area contributed by atoms with Crippen LogP contribution in [0.3, 0.4) is 0 Å². The normalized spacial score (nSPS) is 17.0. The van der Waals surface area contributed by atoms with Crippen molar-refractivity contribution in [3.8, 4) is 0 Å². The molecule has 1 heterocycles. The van der Waals surface area contributed by atoms with Gasteiger partial charge in [-0.05, 0) is 30.0 Å². The first kappa shape index (κ1) is 18.0. The predicted molar refractivity (Wildman–Crippen MR) is 93.1 cm³/mol. The predicted octanol–water partition coefficient (Wildman–Crippen LogP) is 1.99. The lowest BCUT2D eigenvalue weighted by Crippen LogP contribution is -2.40. The number of carbonyl (C=O) groups excluding carboxylic acids is 2. The molecule has 0 aromatic heterocycles. The molecule has 1 aromatic carbocycles. The molecule has 130 valence electrons. The van der Waals surface area contributed by atoms with Crippen LogP contribution in [0, 0.1) is 0 Å². The van der Waals surface area contributed by atoms with E-state index >= 15 is 0 Å². The molecule has 2 amide bonds. The summed E-state index contributed by atoms with van der Waals surface area (Å²) in [7, 11) is 0. The molecule has 1 aromatic rings. The molecule has 0 saturated carbocycles. The highest BCUT2D eigenvalue weighted by Gasteiger charge is 2.19. The maximum atomic E-state index is 12.1. The maximum Gasteiger partial charge on any atom is 0.251 e. The molecular weight excluding hydrogens is 306 g/mol. The molecule has 6 nitrogen and oxygen atoms in total. The van der Waals surface area contributed by atoms with Gasteiger partial charge in [-0.3, -0.25) is 9.59 Å². The van der Waals surface area contributed by atoms with Gasteiger partial charge in [-0.15, -0.1) is 0 Å². The Morgan fingerprint density at radius 1 is 1.21 bits per heavy atom. The van der Waals surface area contributed by atoms with Crippen LogP contribution < -0.4 is 10.6 Å². The molecule has 0 spiro atoms. The van der Waals surface area contributed by atoms with Crippen LogP contribution in [-0.2, 0) is 15.0 Å². The molecule has 1 unspecified atom stereocenters. The average molecular weight is 331 g/mol. The summed E-state index contributed by atoms with van der Waals surface area (Å²) in [6, 6.07) is 7.43. The van der Waals surface area contributed by atoms with Gasteiger partial charge in [0.25, 0.3) is 5.91 Å². The molecule has 0 radical (unpaired) electrons. The molecule has 6 heteroatoms. The highest BCUT2D eigenvalue weighted by Crippen LogP contribution is 2.22. The van der Waals surface area contributed by atoms with Gasteiger partial charge in [-0.1, -0.05) is 38.1 Å². The summed E-state index contributed by atoms with van der Waals surface area (Å²) in [5, 5.41) is 9.18. The Labute approximate surface area is 142 Å². The maximum absolute atomic E-state index is 12.1. The summed E-state index contributed by atoms with van der Waals surface area (Å²) in [5.41, 5.74) is 2.66. The zero-order chi connectivity index (χ0) is 17.7. The van der Waals surface area contributed by atoms with E-state index in [0.29, 0.717) is 18.5 Å². The van der Waals surface area contributed by atoms with Crippen molar-refractivity contribution in [2.45, 2.75) is 45.6 Å². The summed E-state index contributed by atoms with van der Waals surface area (Å²) < 4.78 is 0. The van der Waals surface area contributed by atoms with Crippen molar-refractivity contribution in [2.24, 2.45) is 5.16 Å². The van der Waals surface area contributed by atoms with Crippen molar-refractivity contribution < 1.29 is 14.4 Å². The number of amides is 2. The summed E-state index contributed by atoms with van der Waals surface area (Å²) in [6.07, 6.45) is 0.599. The molecule has 24 heavy (non-hydrogen) atoms. The van der Waals surface area contributed by atoms with Crippen LogP contribution in [0.5, 0.6) is 0 Å². The smallest absolute Gasteiger partial charge is 0.251 e. The van der Waals surface area contributed by atoms with E-state index in [4.69, 9.17) is 4.84 Å². The van der Waals surface area contributed by atoms with E-state index in [9.17, 15) is 9.59 Å². The molecule has 2 rings (SSSR count). The van der Waals surface area contributed by atoms with Crippen LogP contribution in [0.1, 0.15) is 50.0 Å². The molecule has 2 N–H and O–H groups in total. The lowest BCUT2D eigenvalue weighted by molar-refractivity contribution is -0.120. The van der Waals surface area contributed by atoms with Crippen LogP contribution in [0.4, 0.5) is 0 Å². The third-order valence-corrected chi connectivity index (χ3v) is 3.83. The topological polar surface area (TPSA) is 79.8 Å². The van der Waals surface area contributed by atoms with Gasteiger partial charge in [0.1, 0.15) is 6.10 Å². The molecule has 1 aliphatic heterocycles. The van der Waals surface area contributed by atoms with E-state index in [0.717, 1.165) is 11.3 Å². The minimum absolute atomic E-state index is 0.0409. The molecule has 0 fully saturated rings. The first-order chi connectivity index (χ1) is 11.3. The SMILES string of the molecule is CC1=NOC(CNC(=O)CNC(=O)c2ccc(C(C)(C)C)cc2)C1. The molecule has 1 aliphatic rings. The Hall–Kier alpha value is -2.37. The number of hydrogen-bond acceptors (Lipinski definition) is 4. The Balaban J connectivity index is 1.75. The second-order valence-corrected chi connectivity index (χ2v) is 7.07. The number of benzene rings is 1. The van der Waals surface area contributed by atoms with E-state index in [2.05, 4.69) is 36.6 Å². The third-order valence-electron chi connectivity index (χ3n) is 3.83. The lowest BCUT2D eigenvalue weighted by atomic mass is 9.87. The number of carbonyl (C=O) groups is 2. The van der Waals surface area contributed by atoms with Gasteiger partial charge < -0.3 is 15.5 Å². The van der Waals surface area contributed by atoms with E-state index in [1.165, 1.54) is 0 Å². The van der Waals surface area contributed by atoms with Gasteiger partial charge in [-0.25, -0.2) is 0 Å². The van der Waals surface area contributed by atoms with Gasteiger partial charge in [0.15, 0.2) is 0 Å². The van der Waals surface area contributed by atoms with Crippen molar-refractivity contribution in [1.29, 1.82) is 0 Å². The number of oxime groups is 1. The summed E-state index contributed by atoms with van der Waals surface area (Å²) in [6.45, 7) is 8.56. The zero-order valence-electron chi connectivity index (χ0n) is 14.7. The third kappa shape index (κ3) is 5.08. The van der Waals surface area contributed by atoms with Crippen LogP contribution in [0.25, 0.3) is 0 Å². The fourth-order valence-corrected chi connectivity index (χ4v) is 2.35. The first-order valence-corrected chi connectivity index (χ1v) is 8.10. The van der Waals surface area contributed by atoms with Gasteiger partial charge in [0, 0.05) is 12.0 Å². The Morgan fingerprint density at radius 2 is 1.88 bits per heavy atom. The fourth-order valence-electron chi connectivity index (χ4n) is 2.35. The van der Waals surface area contributed by atoms with E-state index in [1.54, 1.807) is 12.1 Å². The van der Waals surface area contributed by atoms with Crippen LogP contribution in [-0.4, -0.2) is 36.7 Å². The molecular formula is C18H25N3O3. The lowest BCUT2D eigenvalue weighted by Gasteiger charge is -2.19. The number of nitrogens with zero attached hydrogens (tertiary/aromatic N) is 1. The average Bonchev–Trinajstić information content (AvgIpc) is 2.95. The Morgan fingerprint density at radius 3 is 2.42 bits per heavy atom. The van der Waals surface area contributed by atoms with Crippen molar-refractivity contribution in [1.82, 2.24) is 10.6 Å². The van der Waals surface area contributed by atoms with Gasteiger partial charge in [0.05, 0.1) is 18.8 Å². The van der Waals surface area contributed by atoms with Crippen molar-refractivity contribution in [2.75, 3.05) is 13.1 Å². The van der Waals surface area contributed by atoms with E-state index < -0.39 is 0 Å². The Bertz CT molecular complexity index is 630. The largest absolute Gasteiger partial charge is 0.390 e. The monoisotopic (exact) mass is 331 g/mol. The second kappa shape index (κ2) is 7.47. The fraction of sp³-hybridized carbons (Fsp3) is 0.500. The molecule has 0 saturated heterocycles. The molecule has 0 bridgehead atoms. The quantitative estimate of drug-likeness (QED) is 0.866. The van der Waals surface area contributed by atoms with Gasteiger partial charge >= 0.3 is 0 Å². The van der Waals surface area contributed by atoms with Crippen LogP contribution in [0.15, 0.2) is 29.4 Å². The number of hydrogen-bond donors (Lipinski definition) is 2. The highest BCUT2D eigenvalue weighted by atomic mass is 16.6. The van der Waals surface area contributed by atoms with Crippen LogP contribution >= 0.6 is 0 Å². The summed E-state index contributed by atoms with van der Waals surface area (Å²) in [4.78, 5) is 29.0. The summed E-state index contributed by atoms with van der Waals surface area (Å²) >= 11 is 0. The van der Waals surface area contributed by atoms with Gasteiger partial charge in [-0.2, -0.15) is 0 Å². The minimum Gasteiger partial charge on any atom is -0.390 e. The van der Waals surface area contributed by atoms with Crippen molar-refractivity contribution >= 4 is 17.5 Å². The standard InChI is InChI=1S/C18H25N3O3/c1-12-9-15(24-21-12)10-19-16(22)11-20-17(23)13-5-7-14(8-6-13)18(2,3)4/h5-8,15H,9-11H2,1-4H3,(H,19,22)(H,20,23). The van der Waals surface area contributed by atoms with Gasteiger partial charge in [0.2, 0.25) is 5.91 Å². The minimum atomic E-state index is -0.262. The zero-order valence-corrected chi connectivity index (χ0v) is 14.7. The number of rotatable bonds is 5. The molecule has 0 aliphatic carbocycles. The van der Waals surface area contributed by atoms with Crippen molar-refractivity contribution in [3.63, 3.8) is 0 Å². The highest BCUT2D eigenvalue weighted by molar-refractivity contribution is 5.96. The Kier molecular flexibility index (Phi) is 5.59.